The Morgan fingerprint density at radius 2 is 1.48 bits per heavy atom. The number of amides is 1. The summed E-state index contributed by atoms with van der Waals surface area (Å²) in [7, 11) is -3.77. The lowest BCUT2D eigenvalue weighted by atomic mass is 10.1. The van der Waals surface area contributed by atoms with Gasteiger partial charge in [0.15, 0.2) is 0 Å². The Kier molecular flexibility index (Phi) is 6.06. The zero-order valence-electron chi connectivity index (χ0n) is 15.2. The van der Waals surface area contributed by atoms with E-state index in [1.54, 1.807) is 48.5 Å². The van der Waals surface area contributed by atoms with Crippen LogP contribution in [0.25, 0.3) is 0 Å². The maximum atomic E-state index is 12.1. The largest absolute Gasteiger partial charge is 0.426 e. The van der Waals surface area contributed by atoms with E-state index in [4.69, 9.17) is 9.88 Å². The molecule has 0 atom stereocenters. The van der Waals surface area contributed by atoms with Gasteiger partial charge in [-0.25, -0.2) is 13.6 Å². The highest BCUT2D eigenvalue weighted by molar-refractivity contribution is 7.89. The standard InChI is InChI=1S/C21H18N2O5S/c22-29(26,27)19-12-6-15(7-13-19)14-20(24)28-18-10-8-17(9-11-18)23-21(25)16-4-2-1-3-5-16/h1-13H,14H2,(H,23,25)(H2,22,26,27). The lowest BCUT2D eigenvalue weighted by Gasteiger charge is -2.08. The molecule has 0 aliphatic heterocycles. The fraction of sp³-hybridized carbons (Fsp3) is 0.0476. The SMILES string of the molecule is NS(=O)(=O)c1ccc(CC(=O)Oc2ccc(NC(=O)c3ccccc3)cc2)cc1. The summed E-state index contributed by atoms with van der Waals surface area (Å²) in [6.45, 7) is 0. The second-order valence-electron chi connectivity index (χ2n) is 6.18. The molecule has 0 aliphatic rings. The van der Waals surface area contributed by atoms with Crippen LogP contribution in [-0.4, -0.2) is 20.3 Å². The molecule has 0 heterocycles. The van der Waals surface area contributed by atoms with E-state index in [0.29, 0.717) is 22.6 Å². The topological polar surface area (TPSA) is 116 Å². The number of hydrogen-bond donors (Lipinski definition) is 2. The van der Waals surface area contributed by atoms with Gasteiger partial charge in [-0.15, -0.1) is 0 Å². The van der Waals surface area contributed by atoms with Gasteiger partial charge >= 0.3 is 5.97 Å². The highest BCUT2D eigenvalue weighted by atomic mass is 32.2. The third-order valence-electron chi connectivity index (χ3n) is 3.98. The molecule has 7 nitrogen and oxygen atoms in total. The van der Waals surface area contributed by atoms with Crippen LogP contribution in [0.2, 0.25) is 0 Å². The molecule has 3 aromatic carbocycles. The predicted octanol–water partition coefficient (Wildman–Crippen LogP) is 2.73. The minimum Gasteiger partial charge on any atom is -0.426 e. The Bertz CT molecular complexity index is 1110. The monoisotopic (exact) mass is 410 g/mol. The molecule has 29 heavy (non-hydrogen) atoms. The lowest BCUT2D eigenvalue weighted by molar-refractivity contribution is -0.133. The molecular formula is C21H18N2O5S. The minimum absolute atomic E-state index is 0.0252. The van der Waals surface area contributed by atoms with Gasteiger partial charge in [-0.05, 0) is 54.1 Å². The first-order valence-electron chi connectivity index (χ1n) is 8.60. The van der Waals surface area contributed by atoms with Crippen molar-refractivity contribution >= 4 is 27.6 Å². The molecule has 0 unspecified atom stereocenters. The molecule has 0 aromatic heterocycles. The first-order valence-corrected chi connectivity index (χ1v) is 10.1. The average molecular weight is 410 g/mol. The summed E-state index contributed by atoms with van der Waals surface area (Å²) in [6, 6.07) is 20.9. The first kappa shape index (κ1) is 20.2. The summed E-state index contributed by atoms with van der Waals surface area (Å²) >= 11 is 0. The average Bonchev–Trinajstić information content (AvgIpc) is 2.70. The summed E-state index contributed by atoms with van der Waals surface area (Å²) in [4.78, 5) is 24.2. The molecule has 1 amide bonds. The Morgan fingerprint density at radius 3 is 2.07 bits per heavy atom. The Morgan fingerprint density at radius 1 is 0.862 bits per heavy atom. The number of primary sulfonamides is 1. The Balaban J connectivity index is 1.56. The van der Waals surface area contributed by atoms with Crippen LogP contribution in [0.3, 0.4) is 0 Å². The minimum atomic E-state index is -3.77. The third kappa shape index (κ3) is 5.74. The van der Waals surface area contributed by atoms with Gasteiger partial charge in [0.25, 0.3) is 5.91 Å². The number of ether oxygens (including phenoxy) is 1. The molecule has 0 fully saturated rings. The van der Waals surface area contributed by atoms with Crippen LogP contribution in [0, 0.1) is 0 Å². The van der Waals surface area contributed by atoms with Crippen molar-refractivity contribution in [3.63, 3.8) is 0 Å². The molecule has 0 spiro atoms. The van der Waals surface area contributed by atoms with Crippen molar-refractivity contribution in [2.75, 3.05) is 5.32 Å². The molecule has 0 saturated heterocycles. The van der Waals surface area contributed by atoms with Crippen molar-refractivity contribution in [2.45, 2.75) is 11.3 Å². The number of sulfonamides is 1. The molecule has 148 valence electrons. The van der Waals surface area contributed by atoms with Gasteiger partial charge in [0.1, 0.15) is 5.75 Å². The van der Waals surface area contributed by atoms with Crippen LogP contribution in [0.1, 0.15) is 15.9 Å². The smallest absolute Gasteiger partial charge is 0.315 e. The Labute approximate surface area is 168 Å². The van der Waals surface area contributed by atoms with Gasteiger partial charge < -0.3 is 10.1 Å². The van der Waals surface area contributed by atoms with Crippen molar-refractivity contribution in [2.24, 2.45) is 5.14 Å². The van der Waals surface area contributed by atoms with E-state index >= 15 is 0 Å². The normalized spacial score (nSPS) is 10.9. The molecule has 3 aromatic rings. The number of carbonyl (C=O) groups is 2. The first-order chi connectivity index (χ1) is 13.8. The van der Waals surface area contributed by atoms with Crippen LogP contribution in [-0.2, 0) is 21.2 Å². The van der Waals surface area contributed by atoms with E-state index < -0.39 is 16.0 Å². The second kappa shape index (κ2) is 8.68. The number of benzene rings is 3. The molecule has 8 heteroatoms. The maximum absolute atomic E-state index is 12.1. The molecule has 0 bridgehead atoms. The van der Waals surface area contributed by atoms with E-state index in [2.05, 4.69) is 5.32 Å². The number of rotatable bonds is 6. The fourth-order valence-corrected chi connectivity index (χ4v) is 3.05. The van der Waals surface area contributed by atoms with E-state index in [-0.39, 0.29) is 17.2 Å². The van der Waals surface area contributed by atoms with Crippen LogP contribution < -0.4 is 15.2 Å². The summed E-state index contributed by atoms with van der Waals surface area (Å²) in [5.74, 6) is -0.415. The van der Waals surface area contributed by atoms with Gasteiger partial charge in [-0.3, -0.25) is 9.59 Å². The van der Waals surface area contributed by atoms with Crippen LogP contribution in [0.15, 0.2) is 83.8 Å². The van der Waals surface area contributed by atoms with Gasteiger partial charge in [0, 0.05) is 11.3 Å². The van der Waals surface area contributed by atoms with E-state index in [1.807, 2.05) is 6.07 Å². The van der Waals surface area contributed by atoms with Gasteiger partial charge in [0.05, 0.1) is 11.3 Å². The number of esters is 1. The molecule has 0 radical (unpaired) electrons. The van der Waals surface area contributed by atoms with E-state index in [1.165, 1.54) is 24.3 Å². The highest BCUT2D eigenvalue weighted by Crippen LogP contribution is 2.18. The maximum Gasteiger partial charge on any atom is 0.315 e. The molecule has 3 N–H and O–H groups in total. The van der Waals surface area contributed by atoms with Gasteiger partial charge in [-0.1, -0.05) is 30.3 Å². The van der Waals surface area contributed by atoms with Gasteiger partial charge in [-0.2, -0.15) is 0 Å². The summed E-state index contributed by atoms with van der Waals surface area (Å²) in [5, 5.41) is 7.80. The lowest BCUT2D eigenvalue weighted by Crippen LogP contribution is -2.13. The zero-order chi connectivity index (χ0) is 20.9. The molecule has 0 saturated carbocycles. The van der Waals surface area contributed by atoms with E-state index in [9.17, 15) is 18.0 Å². The third-order valence-corrected chi connectivity index (χ3v) is 4.91. The van der Waals surface area contributed by atoms with Crippen LogP contribution >= 0.6 is 0 Å². The molecule has 0 aliphatic carbocycles. The fourth-order valence-electron chi connectivity index (χ4n) is 2.53. The predicted molar refractivity (Wildman–Crippen MR) is 108 cm³/mol. The van der Waals surface area contributed by atoms with Crippen molar-refractivity contribution in [1.82, 2.24) is 0 Å². The van der Waals surface area contributed by atoms with Crippen molar-refractivity contribution in [3.05, 3.63) is 90.0 Å². The zero-order valence-corrected chi connectivity index (χ0v) is 16.1. The Hall–Kier alpha value is -3.49. The molecule has 3 rings (SSSR count). The van der Waals surface area contributed by atoms with Crippen molar-refractivity contribution in [1.29, 1.82) is 0 Å². The summed E-state index contributed by atoms with van der Waals surface area (Å²) in [6.07, 6.45) is -0.0304. The van der Waals surface area contributed by atoms with Gasteiger partial charge in [0.2, 0.25) is 10.0 Å². The van der Waals surface area contributed by atoms with Crippen molar-refractivity contribution < 1.29 is 22.7 Å². The molecular weight excluding hydrogens is 392 g/mol. The highest BCUT2D eigenvalue weighted by Gasteiger charge is 2.11. The van der Waals surface area contributed by atoms with E-state index in [0.717, 1.165) is 0 Å². The quantitative estimate of drug-likeness (QED) is 0.479. The number of hydrogen-bond acceptors (Lipinski definition) is 5. The number of nitrogens with one attached hydrogen (secondary N) is 1. The van der Waals surface area contributed by atoms with Crippen LogP contribution in [0.4, 0.5) is 5.69 Å². The summed E-state index contributed by atoms with van der Waals surface area (Å²) in [5.41, 5.74) is 1.70. The van der Waals surface area contributed by atoms with Crippen molar-refractivity contribution in [3.8, 4) is 5.75 Å². The number of carbonyl (C=O) groups excluding carboxylic acids is 2. The van der Waals surface area contributed by atoms with Crippen LogP contribution in [0.5, 0.6) is 5.75 Å². The number of nitrogens with two attached hydrogens (primary N) is 1. The second-order valence-corrected chi connectivity index (χ2v) is 7.75. The summed E-state index contributed by atoms with van der Waals surface area (Å²) < 4.78 is 27.8. The number of anilines is 1.